The van der Waals surface area contributed by atoms with Gasteiger partial charge in [0, 0.05) is 24.3 Å². The van der Waals surface area contributed by atoms with Crippen LogP contribution in [0.1, 0.15) is 24.5 Å². The predicted molar refractivity (Wildman–Crippen MR) is 88.7 cm³/mol. The molecule has 2 N–H and O–H groups in total. The lowest BCUT2D eigenvalue weighted by atomic mass is 10.1. The monoisotopic (exact) mass is 282 g/mol. The minimum atomic E-state index is 0.0281. The van der Waals surface area contributed by atoms with Gasteiger partial charge in [-0.2, -0.15) is 0 Å². The van der Waals surface area contributed by atoms with Crippen LogP contribution in [-0.2, 0) is 11.2 Å². The van der Waals surface area contributed by atoms with Crippen LogP contribution in [0.3, 0.4) is 0 Å². The second-order valence-corrected chi connectivity index (χ2v) is 5.05. The standard InChI is InChI=1S/C18H22N2O/c1-3-15-9-7-8-14(2)18(15)19-13-12-17(21)20-16-10-5-4-6-11-16/h4-11,19H,3,12-13H2,1-2H3,(H,20,21). The third kappa shape index (κ3) is 4.35. The van der Waals surface area contributed by atoms with Crippen LogP contribution in [0, 0.1) is 6.92 Å². The fraction of sp³-hybridized carbons (Fsp3) is 0.278. The molecule has 3 nitrogen and oxygen atoms in total. The summed E-state index contributed by atoms with van der Waals surface area (Å²) in [6.07, 6.45) is 1.44. The first-order chi connectivity index (χ1) is 10.2. The van der Waals surface area contributed by atoms with Crippen LogP contribution in [0.15, 0.2) is 48.5 Å². The van der Waals surface area contributed by atoms with Crippen molar-refractivity contribution >= 4 is 17.3 Å². The molecule has 0 aliphatic carbocycles. The molecule has 2 aromatic carbocycles. The number of benzene rings is 2. The van der Waals surface area contributed by atoms with Gasteiger partial charge in [0.1, 0.15) is 0 Å². The zero-order valence-corrected chi connectivity index (χ0v) is 12.6. The predicted octanol–water partition coefficient (Wildman–Crippen LogP) is 4.00. The minimum absolute atomic E-state index is 0.0281. The van der Waals surface area contributed by atoms with Crippen molar-refractivity contribution in [2.45, 2.75) is 26.7 Å². The maximum atomic E-state index is 11.9. The Balaban J connectivity index is 1.86. The Morgan fingerprint density at radius 3 is 2.52 bits per heavy atom. The first-order valence-corrected chi connectivity index (χ1v) is 7.38. The number of rotatable bonds is 6. The lowest BCUT2D eigenvalue weighted by molar-refractivity contribution is -0.115. The van der Waals surface area contributed by atoms with Crippen molar-refractivity contribution in [2.75, 3.05) is 17.2 Å². The second-order valence-electron chi connectivity index (χ2n) is 5.05. The summed E-state index contributed by atoms with van der Waals surface area (Å²) in [4.78, 5) is 11.9. The van der Waals surface area contributed by atoms with E-state index in [9.17, 15) is 4.79 Å². The maximum absolute atomic E-state index is 11.9. The van der Waals surface area contributed by atoms with E-state index in [4.69, 9.17) is 0 Å². The van der Waals surface area contributed by atoms with E-state index >= 15 is 0 Å². The smallest absolute Gasteiger partial charge is 0.226 e. The highest BCUT2D eigenvalue weighted by Crippen LogP contribution is 2.20. The molecule has 0 unspecified atom stereocenters. The highest BCUT2D eigenvalue weighted by atomic mass is 16.1. The number of hydrogen-bond acceptors (Lipinski definition) is 2. The third-order valence-corrected chi connectivity index (χ3v) is 3.45. The molecule has 0 atom stereocenters. The largest absolute Gasteiger partial charge is 0.384 e. The molecule has 0 saturated carbocycles. The van der Waals surface area contributed by atoms with E-state index in [2.05, 4.69) is 42.7 Å². The van der Waals surface area contributed by atoms with Gasteiger partial charge < -0.3 is 10.6 Å². The molecule has 0 aliphatic heterocycles. The summed E-state index contributed by atoms with van der Waals surface area (Å²) in [5.74, 6) is 0.0281. The maximum Gasteiger partial charge on any atom is 0.226 e. The van der Waals surface area contributed by atoms with Crippen molar-refractivity contribution in [1.82, 2.24) is 0 Å². The van der Waals surface area contributed by atoms with Gasteiger partial charge in [-0.3, -0.25) is 4.79 Å². The molecule has 2 rings (SSSR count). The summed E-state index contributed by atoms with van der Waals surface area (Å²) < 4.78 is 0. The van der Waals surface area contributed by atoms with E-state index in [0.29, 0.717) is 13.0 Å². The van der Waals surface area contributed by atoms with Gasteiger partial charge in [0.2, 0.25) is 5.91 Å². The quantitative estimate of drug-likeness (QED) is 0.841. The normalized spacial score (nSPS) is 10.2. The second kappa shape index (κ2) is 7.48. The van der Waals surface area contributed by atoms with Gasteiger partial charge in [-0.25, -0.2) is 0 Å². The molecule has 0 bridgehead atoms. The van der Waals surface area contributed by atoms with Crippen molar-refractivity contribution in [3.05, 3.63) is 59.7 Å². The van der Waals surface area contributed by atoms with Crippen molar-refractivity contribution in [3.8, 4) is 0 Å². The highest BCUT2D eigenvalue weighted by Gasteiger charge is 2.05. The molecule has 0 aliphatic rings. The van der Waals surface area contributed by atoms with Crippen LogP contribution in [0.4, 0.5) is 11.4 Å². The fourth-order valence-electron chi connectivity index (χ4n) is 2.32. The Morgan fingerprint density at radius 1 is 1.05 bits per heavy atom. The number of anilines is 2. The number of amides is 1. The molecule has 0 radical (unpaired) electrons. The topological polar surface area (TPSA) is 41.1 Å². The first-order valence-electron chi connectivity index (χ1n) is 7.38. The Kier molecular flexibility index (Phi) is 5.38. The molecule has 0 spiro atoms. The van der Waals surface area contributed by atoms with Crippen LogP contribution >= 0.6 is 0 Å². The van der Waals surface area contributed by atoms with E-state index in [1.54, 1.807) is 0 Å². The fourth-order valence-corrected chi connectivity index (χ4v) is 2.32. The third-order valence-electron chi connectivity index (χ3n) is 3.45. The van der Waals surface area contributed by atoms with E-state index in [-0.39, 0.29) is 5.91 Å². The number of para-hydroxylation sites is 2. The Labute approximate surface area is 126 Å². The summed E-state index contributed by atoms with van der Waals surface area (Å²) in [6.45, 7) is 4.87. The molecule has 110 valence electrons. The summed E-state index contributed by atoms with van der Waals surface area (Å²) >= 11 is 0. The van der Waals surface area contributed by atoms with Crippen LogP contribution < -0.4 is 10.6 Å². The van der Waals surface area contributed by atoms with Gasteiger partial charge >= 0.3 is 0 Å². The van der Waals surface area contributed by atoms with E-state index in [1.165, 1.54) is 11.1 Å². The van der Waals surface area contributed by atoms with Gasteiger partial charge in [-0.05, 0) is 36.6 Å². The molecule has 0 heterocycles. The lowest BCUT2D eigenvalue weighted by Crippen LogP contribution is -2.17. The van der Waals surface area contributed by atoms with Gasteiger partial charge in [-0.1, -0.05) is 43.3 Å². The Morgan fingerprint density at radius 2 is 1.81 bits per heavy atom. The van der Waals surface area contributed by atoms with E-state index in [1.807, 2.05) is 30.3 Å². The molecule has 0 aromatic heterocycles. The van der Waals surface area contributed by atoms with Crippen LogP contribution in [0.5, 0.6) is 0 Å². The lowest BCUT2D eigenvalue weighted by Gasteiger charge is -2.14. The van der Waals surface area contributed by atoms with Crippen LogP contribution in [0.25, 0.3) is 0 Å². The van der Waals surface area contributed by atoms with Crippen molar-refractivity contribution in [3.63, 3.8) is 0 Å². The summed E-state index contributed by atoms with van der Waals surface area (Å²) in [7, 11) is 0. The molecule has 1 amide bonds. The summed E-state index contributed by atoms with van der Waals surface area (Å²) in [5.41, 5.74) is 4.51. The summed E-state index contributed by atoms with van der Waals surface area (Å²) in [5, 5.41) is 6.28. The molecule has 0 fully saturated rings. The zero-order valence-electron chi connectivity index (χ0n) is 12.6. The minimum Gasteiger partial charge on any atom is -0.384 e. The van der Waals surface area contributed by atoms with E-state index in [0.717, 1.165) is 17.8 Å². The van der Waals surface area contributed by atoms with Crippen molar-refractivity contribution in [2.24, 2.45) is 0 Å². The molecular formula is C18H22N2O. The number of carbonyl (C=O) groups is 1. The Bertz CT molecular complexity index is 593. The van der Waals surface area contributed by atoms with Crippen LogP contribution in [0.2, 0.25) is 0 Å². The van der Waals surface area contributed by atoms with Crippen molar-refractivity contribution < 1.29 is 4.79 Å². The Hall–Kier alpha value is -2.29. The van der Waals surface area contributed by atoms with Crippen molar-refractivity contribution in [1.29, 1.82) is 0 Å². The molecular weight excluding hydrogens is 260 g/mol. The zero-order chi connectivity index (χ0) is 15.1. The van der Waals surface area contributed by atoms with E-state index < -0.39 is 0 Å². The average molecular weight is 282 g/mol. The number of nitrogens with one attached hydrogen (secondary N) is 2. The molecule has 3 heteroatoms. The SMILES string of the molecule is CCc1cccc(C)c1NCCC(=O)Nc1ccccc1. The molecule has 2 aromatic rings. The molecule has 0 saturated heterocycles. The van der Waals surface area contributed by atoms with Gasteiger partial charge in [0.25, 0.3) is 0 Å². The van der Waals surface area contributed by atoms with Gasteiger partial charge in [-0.15, -0.1) is 0 Å². The van der Waals surface area contributed by atoms with Crippen LogP contribution in [-0.4, -0.2) is 12.5 Å². The number of aryl methyl sites for hydroxylation is 2. The number of hydrogen-bond donors (Lipinski definition) is 2. The van der Waals surface area contributed by atoms with Gasteiger partial charge in [0.05, 0.1) is 0 Å². The summed E-state index contributed by atoms with van der Waals surface area (Å²) in [6, 6.07) is 15.8. The molecule has 21 heavy (non-hydrogen) atoms. The number of carbonyl (C=O) groups excluding carboxylic acids is 1. The first kappa shape index (κ1) is 15.1. The van der Waals surface area contributed by atoms with Gasteiger partial charge in [0.15, 0.2) is 0 Å². The highest BCUT2D eigenvalue weighted by molar-refractivity contribution is 5.90. The average Bonchev–Trinajstić information content (AvgIpc) is 2.49.